The zero-order chi connectivity index (χ0) is 13.5. The maximum Gasteiger partial charge on any atom is 0.121 e. The van der Waals surface area contributed by atoms with Crippen molar-refractivity contribution in [3.05, 3.63) is 71.6 Å². The summed E-state index contributed by atoms with van der Waals surface area (Å²) in [6, 6.07) is 12.0. The minimum Gasteiger partial charge on any atom is -0.496 e. The third-order valence-corrected chi connectivity index (χ3v) is 2.77. The molecular weight excluding hydrogens is 234 g/mol. The molecule has 1 heterocycles. The minimum absolute atomic E-state index is 0.918. The Bertz CT molecular complexity index is 585. The molecule has 0 aliphatic heterocycles. The average Bonchev–Trinajstić information content (AvgIpc) is 2.45. The van der Waals surface area contributed by atoms with Crippen molar-refractivity contribution in [3.63, 3.8) is 0 Å². The third kappa shape index (κ3) is 3.81. The van der Waals surface area contributed by atoms with Crippen LogP contribution in [0.2, 0.25) is 0 Å². The van der Waals surface area contributed by atoms with Crippen LogP contribution in [-0.2, 0) is 0 Å². The van der Waals surface area contributed by atoms with Gasteiger partial charge in [-0.1, -0.05) is 30.4 Å². The van der Waals surface area contributed by atoms with Crippen LogP contribution in [0.4, 0.5) is 0 Å². The van der Waals surface area contributed by atoms with Crippen molar-refractivity contribution in [2.45, 2.75) is 6.92 Å². The van der Waals surface area contributed by atoms with Gasteiger partial charge in [-0.3, -0.25) is 4.98 Å². The molecular formula is C17H17NO. The van der Waals surface area contributed by atoms with Gasteiger partial charge in [-0.05, 0) is 48.4 Å². The molecule has 1 aromatic carbocycles. The van der Waals surface area contributed by atoms with Gasteiger partial charge in [0.15, 0.2) is 0 Å². The smallest absolute Gasteiger partial charge is 0.121 e. The fourth-order valence-corrected chi connectivity index (χ4v) is 1.80. The van der Waals surface area contributed by atoms with Crippen LogP contribution < -0.4 is 4.74 Å². The van der Waals surface area contributed by atoms with Crippen LogP contribution in [0.15, 0.2) is 54.7 Å². The Morgan fingerprint density at radius 2 is 1.89 bits per heavy atom. The van der Waals surface area contributed by atoms with E-state index in [1.165, 1.54) is 0 Å². The largest absolute Gasteiger partial charge is 0.496 e. The number of pyridine rings is 1. The Kier molecular flexibility index (Phi) is 4.51. The van der Waals surface area contributed by atoms with E-state index < -0.39 is 0 Å². The number of rotatable bonds is 4. The molecule has 0 saturated carbocycles. The molecule has 1 aromatic heterocycles. The van der Waals surface area contributed by atoms with E-state index in [2.05, 4.69) is 17.1 Å². The first-order valence-corrected chi connectivity index (χ1v) is 6.20. The Labute approximate surface area is 114 Å². The number of methoxy groups -OCH3 is 1. The molecule has 0 aliphatic carbocycles. The van der Waals surface area contributed by atoms with E-state index in [0.717, 1.165) is 22.6 Å². The summed E-state index contributed by atoms with van der Waals surface area (Å²) in [7, 11) is 1.69. The summed E-state index contributed by atoms with van der Waals surface area (Å²) in [5.41, 5.74) is 3.25. The van der Waals surface area contributed by atoms with Gasteiger partial charge in [0.25, 0.3) is 0 Å². The first-order chi connectivity index (χ1) is 9.29. The van der Waals surface area contributed by atoms with E-state index in [1.807, 2.05) is 55.5 Å². The van der Waals surface area contributed by atoms with Gasteiger partial charge < -0.3 is 4.74 Å². The molecule has 2 heteroatoms. The highest BCUT2D eigenvalue weighted by atomic mass is 16.5. The van der Waals surface area contributed by atoms with Gasteiger partial charge in [-0.25, -0.2) is 0 Å². The molecule has 2 aromatic rings. The summed E-state index contributed by atoms with van der Waals surface area (Å²) in [4.78, 5) is 4.22. The number of ether oxygens (including phenoxy) is 1. The van der Waals surface area contributed by atoms with E-state index in [1.54, 1.807) is 13.3 Å². The van der Waals surface area contributed by atoms with Gasteiger partial charge >= 0.3 is 0 Å². The molecule has 0 amide bonds. The molecule has 0 radical (unpaired) electrons. The fourth-order valence-electron chi connectivity index (χ4n) is 1.80. The average molecular weight is 251 g/mol. The second-order valence-corrected chi connectivity index (χ2v) is 4.20. The third-order valence-electron chi connectivity index (χ3n) is 2.77. The molecule has 0 aliphatic rings. The van der Waals surface area contributed by atoms with Crippen LogP contribution in [0.25, 0.3) is 12.2 Å². The van der Waals surface area contributed by atoms with Crippen molar-refractivity contribution in [1.82, 2.24) is 4.98 Å². The van der Waals surface area contributed by atoms with Gasteiger partial charge in [0.1, 0.15) is 5.75 Å². The summed E-state index contributed by atoms with van der Waals surface area (Å²) in [6.45, 7) is 2.04. The van der Waals surface area contributed by atoms with E-state index in [4.69, 9.17) is 4.74 Å². The quantitative estimate of drug-likeness (QED) is 0.762. The second kappa shape index (κ2) is 6.55. The van der Waals surface area contributed by atoms with Crippen molar-refractivity contribution < 1.29 is 4.74 Å². The number of benzene rings is 1. The maximum atomic E-state index is 5.24. The SMILES string of the molecule is COc1ccc(/C=C/C=C/c2ccccn2)cc1C. The van der Waals surface area contributed by atoms with Crippen LogP contribution in [0.3, 0.4) is 0 Å². The lowest BCUT2D eigenvalue weighted by Gasteiger charge is -2.04. The van der Waals surface area contributed by atoms with Crippen LogP contribution in [0.5, 0.6) is 5.75 Å². The molecule has 0 spiro atoms. The van der Waals surface area contributed by atoms with Crippen molar-refractivity contribution in [1.29, 1.82) is 0 Å². The van der Waals surface area contributed by atoms with E-state index in [-0.39, 0.29) is 0 Å². The van der Waals surface area contributed by atoms with E-state index in [9.17, 15) is 0 Å². The summed E-state index contributed by atoms with van der Waals surface area (Å²) in [5.74, 6) is 0.918. The Morgan fingerprint density at radius 1 is 1.05 bits per heavy atom. The number of allylic oxidation sites excluding steroid dienone is 2. The summed E-state index contributed by atoms with van der Waals surface area (Å²) in [5, 5.41) is 0. The molecule has 0 saturated heterocycles. The van der Waals surface area contributed by atoms with Crippen LogP contribution in [-0.4, -0.2) is 12.1 Å². The zero-order valence-electron chi connectivity index (χ0n) is 11.2. The summed E-state index contributed by atoms with van der Waals surface area (Å²) >= 11 is 0. The fraction of sp³-hybridized carbons (Fsp3) is 0.118. The Morgan fingerprint density at radius 3 is 2.58 bits per heavy atom. The summed E-state index contributed by atoms with van der Waals surface area (Å²) < 4.78 is 5.24. The normalized spacial score (nSPS) is 11.3. The molecule has 2 rings (SSSR count). The van der Waals surface area contributed by atoms with Crippen molar-refractivity contribution in [2.75, 3.05) is 7.11 Å². The predicted octanol–water partition coefficient (Wildman–Crippen LogP) is 4.13. The van der Waals surface area contributed by atoms with Crippen molar-refractivity contribution in [3.8, 4) is 5.75 Å². The lowest BCUT2D eigenvalue weighted by Crippen LogP contribution is -1.86. The maximum absolute atomic E-state index is 5.24. The molecule has 0 atom stereocenters. The molecule has 0 N–H and O–H groups in total. The molecule has 19 heavy (non-hydrogen) atoms. The van der Waals surface area contributed by atoms with Crippen LogP contribution >= 0.6 is 0 Å². The van der Waals surface area contributed by atoms with Crippen molar-refractivity contribution in [2.24, 2.45) is 0 Å². The highest BCUT2D eigenvalue weighted by Crippen LogP contribution is 2.19. The van der Waals surface area contributed by atoms with E-state index in [0.29, 0.717) is 0 Å². The first-order valence-electron chi connectivity index (χ1n) is 6.20. The number of aryl methyl sites for hydroxylation is 1. The minimum atomic E-state index is 0.918. The molecule has 0 fully saturated rings. The Hall–Kier alpha value is -2.35. The number of aromatic nitrogens is 1. The lowest BCUT2D eigenvalue weighted by atomic mass is 10.1. The van der Waals surface area contributed by atoms with Gasteiger partial charge in [0.05, 0.1) is 12.8 Å². The van der Waals surface area contributed by atoms with Crippen LogP contribution in [0, 0.1) is 6.92 Å². The van der Waals surface area contributed by atoms with Gasteiger partial charge in [0.2, 0.25) is 0 Å². The molecule has 0 bridgehead atoms. The topological polar surface area (TPSA) is 22.1 Å². The first kappa shape index (κ1) is 13.1. The second-order valence-electron chi connectivity index (χ2n) is 4.20. The van der Waals surface area contributed by atoms with Gasteiger partial charge in [0, 0.05) is 6.20 Å². The zero-order valence-corrected chi connectivity index (χ0v) is 11.2. The Balaban J connectivity index is 2.03. The predicted molar refractivity (Wildman–Crippen MR) is 80.0 cm³/mol. The molecule has 2 nitrogen and oxygen atoms in total. The number of hydrogen-bond acceptors (Lipinski definition) is 2. The monoisotopic (exact) mass is 251 g/mol. The van der Waals surface area contributed by atoms with Gasteiger partial charge in [-0.2, -0.15) is 0 Å². The van der Waals surface area contributed by atoms with E-state index >= 15 is 0 Å². The van der Waals surface area contributed by atoms with Crippen molar-refractivity contribution >= 4 is 12.2 Å². The molecule has 96 valence electrons. The number of hydrogen-bond donors (Lipinski definition) is 0. The molecule has 0 unspecified atom stereocenters. The highest BCUT2D eigenvalue weighted by molar-refractivity contribution is 5.57. The summed E-state index contributed by atoms with van der Waals surface area (Å²) in [6.07, 6.45) is 9.83. The van der Waals surface area contributed by atoms with Crippen LogP contribution in [0.1, 0.15) is 16.8 Å². The standard InChI is InChI=1S/C17H17NO/c1-14-13-15(10-11-17(14)19-2)7-3-4-8-16-9-5-6-12-18-16/h3-13H,1-2H3/b7-3+,8-4+. The van der Waals surface area contributed by atoms with Gasteiger partial charge in [-0.15, -0.1) is 0 Å². The number of nitrogens with zero attached hydrogens (tertiary/aromatic N) is 1. The lowest BCUT2D eigenvalue weighted by molar-refractivity contribution is 0.411. The highest BCUT2D eigenvalue weighted by Gasteiger charge is 1.96.